The van der Waals surface area contributed by atoms with E-state index in [0.29, 0.717) is 40.4 Å². The van der Waals surface area contributed by atoms with Crippen LogP contribution in [-0.2, 0) is 25.5 Å². The van der Waals surface area contributed by atoms with Crippen molar-refractivity contribution >= 4 is 38.1 Å². The number of rotatable bonds is 7. The third kappa shape index (κ3) is 11.0. The number of nitrogens with zero attached hydrogens (tertiary/aromatic N) is 3. The Hall–Kier alpha value is -4.52. The van der Waals surface area contributed by atoms with Crippen molar-refractivity contribution in [3.63, 3.8) is 0 Å². The van der Waals surface area contributed by atoms with Gasteiger partial charge in [0.15, 0.2) is 0 Å². The van der Waals surface area contributed by atoms with Crippen LogP contribution in [0.25, 0.3) is 55.6 Å². The van der Waals surface area contributed by atoms with E-state index in [1.807, 2.05) is 36.7 Å². The van der Waals surface area contributed by atoms with Gasteiger partial charge in [-0.1, -0.05) is 140 Å². The van der Waals surface area contributed by atoms with Gasteiger partial charge in [-0.2, -0.15) is 5.26 Å². The maximum absolute atomic E-state index is 12.8. The quantitative estimate of drug-likeness (QED) is 0.118. The molecule has 4 aromatic carbocycles. The predicted molar refractivity (Wildman–Crippen MR) is 279 cm³/mol. The topological polar surface area (TPSA) is 62.7 Å². The Morgan fingerprint density at radius 2 is 1.40 bits per heavy atom. The summed E-state index contributed by atoms with van der Waals surface area (Å²) in [5, 5.41) is 11.3. The normalized spacial score (nSPS) is 16.6. The van der Waals surface area contributed by atoms with Crippen LogP contribution in [-0.4, -0.2) is 26.1 Å². The Labute approximate surface area is 417 Å². The molecular formula is C59H68FIrN3OSi2-2. The van der Waals surface area contributed by atoms with Crippen LogP contribution in [0.1, 0.15) is 133 Å². The maximum atomic E-state index is 12.8. The van der Waals surface area contributed by atoms with Crippen LogP contribution in [0.3, 0.4) is 0 Å². The minimum absolute atomic E-state index is 0. The van der Waals surface area contributed by atoms with Gasteiger partial charge < -0.3 is 14.4 Å². The van der Waals surface area contributed by atoms with Crippen LogP contribution < -0.4 is 0 Å². The fourth-order valence-corrected chi connectivity index (χ4v) is 15.6. The fourth-order valence-electron chi connectivity index (χ4n) is 10.6. The van der Waals surface area contributed by atoms with Crippen LogP contribution in [0.2, 0.25) is 50.4 Å². The van der Waals surface area contributed by atoms with Gasteiger partial charge in [0, 0.05) is 59.9 Å². The van der Waals surface area contributed by atoms with E-state index in [0.717, 1.165) is 33.3 Å². The average Bonchev–Trinajstić information content (AvgIpc) is 3.68. The van der Waals surface area contributed by atoms with E-state index < -0.39 is 16.1 Å². The van der Waals surface area contributed by atoms with Gasteiger partial charge >= 0.3 is 0 Å². The summed E-state index contributed by atoms with van der Waals surface area (Å²) >= 11 is 0. The predicted octanol–water partition coefficient (Wildman–Crippen LogP) is 17.4. The Morgan fingerprint density at radius 1 is 0.776 bits per heavy atom. The van der Waals surface area contributed by atoms with Crippen molar-refractivity contribution in [3.8, 4) is 39.7 Å². The van der Waals surface area contributed by atoms with Crippen molar-refractivity contribution in [2.45, 2.75) is 154 Å². The third-order valence-corrected chi connectivity index (χ3v) is 21.2. The number of nitriles is 1. The molecule has 8 heteroatoms. The van der Waals surface area contributed by atoms with Crippen LogP contribution in [0.5, 0.6) is 0 Å². The number of furan rings is 1. The van der Waals surface area contributed by atoms with Crippen molar-refractivity contribution in [1.29, 1.82) is 5.26 Å². The summed E-state index contributed by atoms with van der Waals surface area (Å²) in [6.45, 7) is 26.4. The van der Waals surface area contributed by atoms with Crippen molar-refractivity contribution in [2.75, 3.05) is 0 Å². The maximum Gasteiger partial charge on any atom is 0.122 e. The van der Waals surface area contributed by atoms with Gasteiger partial charge in [0.1, 0.15) is 5.58 Å². The number of hydrogen-bond donors (Lipinski definition) is 0. The summed E-state index contributed by atoms with van der Waals surface area (Å²) in [6, 6.07) is 37.5. The van der Waals surface area contributed by atoms with E-state index in [4.69, 9.17) is 10.8 Å². The smallest absolute Gasteiger partial charge is 0.122 e. The van der Waals surface area contributed by atoms with E-state index >= 15 is 0 Å². The molecule has 3 aromatic heterocycles. The van der Waals surface area contributed by atoms with Gasteiger partial charge in [-0.25, -0.2) is 0 Å². The molecule has 351 valence electrons. The zero-order valence-corrected chi connectivity index (χ0v) is 45.9. The zero-order chi connectivity index (χ0) is 48.0. The molecule has 0 aliphatic carbocycles. The molecule has 2 fully saturated rings. The molecule has 0 spiro atoms. The monoisotopic (exact) mass is 1100 g/mol. The van der Waals surface area contributed by atoms with Crippen LogP contribution in [0.15, 0.2) is 95.6 Å². The summed E-state index contributed by atoms with van der Waals surface area (Å²) in [4.78, 5) is 9.33. The Balaban J connectivity index is 0.000000320. The van der Waals surface area contributed by atoms with Crippen LogP contribution >= 0.6 is 0 Å². The molecule has 2 aliphatic rings. The molecule has 0 bridgehead atoms. The van der Waals surface area contributed by atoms with E-state index in [2.05, 4.69) is 122 Å². The number of benzene rings is 4. The van der Waals surface area contributed by atoms with Gasteiger partial charge in [0.05, 0.1) is 18.6 Å². The van der Waals surface area contributed by atoms with Gasteiger partial charge in [-0.05, 0) is 123 Å². The summed E-state index contributed by atoms with van der Waals surface area (Å²) in [5.41, 5.74) is 15.0. The Morgan fingerprint density at radius 3 is 1.93 bits per heavy atom. The number of aromatic nitrogens is 2. The molecule has 0 unspecified atom stereocenters. The average molecular weight is 1100 g/mol. The second-order valence-electron chi connectivity index (χ2n) is 22.4. The van der Waals surface area contributed by atoms with Gasteiger partial charge in [-0.3, -0.25) is 4.39 Å². The van der Waals surface area contributed by atoms with Crippen molar-refractivity contribution < 1.29 is 30.3 Å². The standard InChI is InChI=1S/C44H53N2OSi2.C15H15FN.Ir/c1-28(2)41-37(31-15-20-48(5,6)21-16-31)26-38(32-17-22-49(7,8)23-18-32)42(29(3)4)43(41)33-14-19-46-39(25-33)36-11-9-10-35-34-13-12-30(27-45)24-40(34)47-44(35)36;1-15(2,3)12-6-9-14(17-10-12)11-4-7-13(16)8-5-11;/h9-10,12-14,19,24-26,28-29,31-32H,15-18,20-23H2,1-8H3;4,6-10H,1-3H3;/q2*-1;/i24D;;. The van der Waals surface area contributed by atoms with Crippen molar-refractivity contribution in [2.24, 2.45) is 0 Å². The number of halogens is 1. The molecule has 2 saturated heterocycles. The number of fused-ring (bicyclic) bond motifs is 3. The largest absolute Gasteiger partial charge is 0.501 e. The minimum atomic E-state index is -1.11. The number of pyridine rings is 2. The first-order valence-electron chi connectivity index (χ1n) is 24.8. The van der Waals surface area contributed by atoms with Gasteiger partial charge in [-0.15, -0.1) is 48.0 Å². The van der Waals surface area contributed by atoms with E-state index in [9.17, 15) is 9.65 Å². The van der Waals surface area contributed by atoms with Gasteiger partial charge in [0.2, 0.25) is 0 Å². The summed E-state index contributed by atoms with van der Waals surface area (Å²) in [6.07, 6.45) is 9.11. The molecular weight excluding hydrogens is 1030 g/mol. The van der Waals surface area contributed by atoms with Crippen molar-refractivity contribution in [1.82, 2.24) is 9.97 Å². The third-order valence-electron chi connectivity index (χ3n) is 14.6. The molecule has 0 saturated carbocycles. The molecule has 9 rings (SSSR count). The second-order valence-corrected chi connectivity index (χ2v) is 33.1. The first-order valence-corrected chi connectivity index (χ1v) is 31.2. The van der Waals surface area contributed by atoms with Crippen LogP contribution in [0.4, 0.5) is 4.39 Å². The Bertz CT molecular complexity index is 2890. The molecule has 0 amide bonds. The molecule has 67 heavy (non-hydrogen) atoms. The molecule has 0 atom stereocenters. The number of hydrogen-bond acceptors (Lipinski definition) is 4. The molecule has 1 radical (unpaired) electrons. The fraction of sp³-hybridized carbons (Fsp3) is 0.407. The molecule has 2 aliphatic heterocycles. The molecule has 7 aromatic rings. The van der Waals surface area contributed by atoms with E-state index in [1.165, 1.54) is 78.7 Å². The first-order chi connectivity index (χ1) is 31.7. The van der Waals surface area contributed by atoms with Crippen molar-refractivity contribution in [3.05, 3.63) is 143 Å². The molecule has 4 nitrogen and oxygen atoms in total. The zero-order valence-electron chi connectivity index (χ0n) is 42.5. The van der Waals surface area contributed by atoms with E-state index in [1.54, 1.807) is 34.4 Å². The Kier molecular flexibility index (Phi) is 14.8. The SMILES string of the molecule is CC(C)(C)c1ccc(-c2[c-]cc(F)cc2)nc1.[2H]c1c(C#N)ccc2c1oc1c(-c3cc(-c4c(C(C)C)c(C5CC[Si](C)(C)CC5)cc(C5CC[Si](C)(C)CC5)c4C(C)C)ccn3)[c-]ccc12.[Ir]. The second kappa shape index (κ2) is 20.2. The minimum Gasteiger partial charge on any atom is -0.501 e. The molecule has 0 N–H and O–H groups in total. The summed E-state index contributed by atoms with van der Waals surface area (Å²) in [7, 11) is -2.22. The molecule has 5 heterocycles. The van der Waals surface area contributed by atoms with Gasteiger partial charge in [0.25, 0.3) is 0 Å². The summed E-state index contributed by atoms with van der Waals surface area (Å²) < 4.78 is 27.8. The first kappa shape index (κ1) is 48.9. The van der Waals surface area contributed by atoms with Crippen LogP contribution in [0, 0.1) is 29.3 Å². The van der Waals surface area contributed by atoms with E-state index in [-0.39, 0.29) is 37.4 Å². The summed E-state index contributed by atoms with van der Waals surface area (Å²) in [5.74, 6) is 1.75.